The van der Waals surface area contributed by atoms with Crippen LogP contribution in [-0.2, 0) is 4.79 Å². The number of hydrogen-bond donors (Lipinski definition) is 2. The van der Waals surface area contributed by atoms with E-state index in [9.17, 15) is 9.18 Å². The minimum atomic E-state index is -0.268. The Morgan fingerprint density at radius 1 is 1.03 bits per heavy atom. The number of carbonyl (C=O) groups is 1. The number of pyridine rings is 1. The van der Waals surface area contributed by atoms with Crippen molar-refractivity contribution in [1.29, 1.82) is 0 Å². The third-order valence-electron chi connectivity index (χ3n) is 6.44. The molecule has 1 aliphatic heterocycles. The third-order valence-corrected chi connectivity index (χ3v) is 6.75. The van der Waals surface area contributed by atoms with E-state index in [-0.39, 0.29) is 23.8 Å². The summed E-state index contributed by atoms with van der Waals surface area (Å²) in [6, 6.07) is 21.8. The van der Waals surface area contributed by atoms with E-state index in [0.29, 0.717) is 5.11 Å². The maximum Gasteiger partial charge on any atom is 0.221 e. The highest BCUT2D eigenvalue weighted by Crippen LogP contribution is 2.43. The first-order valence-corrected chi connectivity index (χ1v) is 12.1. The van der Waals surface area contributed by atoms with Crippen LogP contribution in [0.4, 0.5) is 15.8 Å². The van der Waals surface area contributed by atoms with E-state index in [1.807, 2.05) is 49.4 Å². The second kappa shape index (κ2) is 9.54. The first kappa shape index (κ1) is 23.7. The van der Waals surface area contributed by atoms with Crippen LogP contribution in [0.2, 0.25) is 0 Å². The van der Waals surface area contributed by atoms with Crippen molar-refractivity contribution in [3.63, 3.8) is 0 Å². The molecular weight excluding hydrogens is 473 g/mol. The fraction of sp³-hybridized carbons (Fsp3) is 0.179. The standard InChI is InChI=1S/C28H26FN5OS/c1-17-16-24(18(2)33(17)22-11-7-20(29)8-12-22)27-26(25-6-4-5-15-30-25)32-28(36)34(27)23-13-9-21(10-14-23)31-19(3)35/h4-16,26-27H,1-3H3,(H,31,35)(H,32,36)/t26-,27+/m1/s1. The molecule has 1 saturated heterocycles. The number of nitrogens with zero attached hydrogens (tertiary/aromatic N) is 3. The van der Waals surface area contributed by atoms with Crippen LogP contribution in [0.1, 0.15) is 41.7 Å². The molecule has 0 spiro atoms. The van der Waals surface area contributed by atoms with Gasteiger partial charge in [0.05, 0.1) is 17.8 Å². The summed E-state index contributed by atoms with van der Waals surface area (Å²) in [5.74, 6) is -0.390. The second-order valence-electron chi connectivity index (χ2n) is 8.86. The van der Waals surface area contributed by atoms with E-state index in [4.69, 9.17) is 12.2 Å². The summed E-state index contributed by atoms with van der Waals surface area (Å²) < 4.78 is 15.7. The number of amides is 1. The molecule has 5 rings (SSSR count). The van der Waals surface area contributed by atoms with E-state index < -0.39 is 0 Å². The first-order chi connectivity index (χ1) is 17.3. The molecule has 182 valence electrons. The Balaban J connectivity index is 1.62. The molecule has 1 amide bonds. The number of aryl methyl sites for hydroxylation is 1. The lowest BCUT2D eigenvalue weighted by molar-refractivity contribution is -0.114. The molecular formula is C28H26FN5OS. The molecule has 0 saturated carbocycles. The summed E-state index contributed by atoms with van der Waals surface area (Å²) in [5, 5.41) is 6.88. The quantitative estimate of drug-likeness (QED) is 0.342. The molecule has 2 N–H and O–H groups in total. The fourth-order valence-electron chi connectivity index (χ4n) is 4.93. The lowest BCUT2D eigenvalue weighted by atomic mass is 9.96. The predicted octanol–water partition coefficient (Wildman–Crippen LogP) is 5.76. The Morgan fingerprint density at radius 2 is 1.72 bits per heavy atom. The number of nitrogens with one attached hydrogen (secondary N) is 2. The van der Waals surface area contributed by atoms with Crippen LogP contribution >= 0.6 is 12.2 Å². The smallest absolute Gasteiger partial charge is 0.221 e. The number of hydrogen-bond acceptors (Lipinski definition) is 3. The molecule has 36 heavy (non-hydrogen) atoms. The minimum Gasteiger partial charge on any atom is -0.351 e. The Hall–Kier alpha value is -4.04. The Morgan fingerprint density at radius 3 is 2.36 bits per heavy atom. The first-order valence-electron chi connectivity index (χ1n) is 11.7. The normalized spacial score (nSPS) is 17.2. The Labute approximate surface area is 214 Å². The number of aromatic nitrogens is 2. The van der Waals surface area contributed by atoms with Gasteiger partial charge in [-0.25, -0.2) is 4.39 Å². The van der Waals surface area contributed by atoms with Gasteiger partial charge in [0.25, 0.3) is 0 Å². The van der Waals surface area contributed by atoms with Crippen molar-refractivity contribution in [3.8, 4) is 5.69 Å². The van der Waals surface area contributed by atoms with Gasteiger partial charge in [0.1, 0.15) is 5.82 Å². The zero-order chi connectivity index (χ0) is 25.4. The van der Waals surface area contributed by atoms with Crippen molar-refractivity contribution in [1.82, 2.24) is 14.9 Å². The molecule has 0 aliphatic carbocycles. The number of halogens is 1. The monoisotopic (exact) mass is 499 g/mol. The number of benzene rings is 2. The number of thiocarbonyl (C=S) groups is 1. The molecule has 0 radical (unpaired) electrons. The van der Waals surface area contributed by atoms with Crippen molar-refractivity contribution in [2.45, 2.75) is 32.9 Å². The topological polar surface area (TPSA) is 62.2 Å². The van der Waals surface area contributed by atoms with Crippen molar-refractivity contribution in [3.05, 3.63) is 107 Å². The molecule has 4 aromatic rings. The van der Waals surface area contributed by atoms with Gasteiger partial charge in [-0.2, -0.15) is 0 Å². The number of carbonyl (C=O) groups excluding carboxylic acids is 1. The average Bonchev–Trinajstić information content (AvgIpc) is 3.35. The summed E-state index contributed by atoms with van der Waals surface area (Å²) in [5.41, 5.74) is 6.56. The van der Waals surface area contributed by atoms with Gasteiger partial charge in [-0.1, -0.05) is 6.07 Å². The Bertz CT molecular complexity index is 1420. The summed E-state index contributed by atoms with van der Waals surface area (Å²) in [6.07, 6.45) is 1.78. The van der Waals surface area contributed by atoms with Gasteiger partial charge in [-0.05, 0) is 98.4 Å². The van der Waals surface area contributed by atoms with Gasteiger partial charge in [0.15, 0.2) is 5.11 Å². The summed E-state index contributed by atoms with van der Waals surface area (Å²) >= 11 is 5.84. The molecule has 0 bridgehead atoms. The fourth-order valence-corrected chi connectivity index (χ4v) is 5.28. The average molecular weight is 500 g/mol. The van der Waals surface area contributed by atoms with Crippen molar-refractivity contribution in [2.24, 2.45) is 0 Å². The largest absolute Gasteiger partial charge is 0.351 e. The predicted molar refractivity (Wildman–Crippen MR) is 144 cm³/mol. The van der Waals surface area contributed by atoms with E-state index in [2.05, 4.69) is 38.1 Å². The minimum absolute atomic E-state index is 0.123. The van der Waals surface area contributed by atoms with E-state index in [1.165, 1.54) is 19.1 Å². The third kappa shape index (κ3) is 4.35. The van der Waals surface area contributed by atoms with Crippen LogP contribution in [0.3, 0.4) is 0 Å². The van der Waals surface area contributed by atoms with E-state index in [1.54, 1.807) is 18.3 Å². The second-order valence-corrected chi connectivity index (χ2v) is 9.25. The molecule has 8 heteroatoms. The lowest BCUT2D eigenvalue weighted by Crippen LogP contribution is -2.29. The van der Waals surface area contributed by atoms with Gasteiger partial charge >= 0.3 is 0 Å². The molecule has 2 atom stereocenters. The Kier molecular flexibility index (Phi) is 6.28. The van der Waals surface area contributed by atoms with E-state index in [0.717, 1.165) is 39.7 Å². The van der Waals surface area contributed by atoms with Gasteiger partial charge in [0.2, 0.25) is 5.91 Å². The zero-order valence-electron chi connectivity index (χ0n) is 20.2. The van der Waals surface area contributed by atoms with Crippen LogP contribution in [0.15, 0.2) is 79.0 Å². The van der Waals surface area contributed by atoms with Crippen molar-refractivity contribution < 1.29 is 9.18 Å². The van der Waals surface area contributed by atoms with Gasteiger partial charge < -0.3 is 20.1 Å². The van der Waals surface area contributed by atoms with Crippen LogP contribution < -0.4 is 15.5 Å². The highest BCUT2D eigenvalue weighted by molar-refractivity contribution is 7.80. The van der Waals surface area contributed by atoms with Gasteiger partial charge in [0, 0.05) is 41.6 Å². The van der Waals surface area contributed by atoms with Crippen molar-refractivity contribution in [2.75, 3.05) is 10.2 Å². The maximum atomic E-state index is 13.6. The highest BCUT2D eigenvalue weighted by Gasteiger charge is 2.42. The molecule has 1 fully saturated rings. The number of anilines is 2. The van der Waals surface area contributed by atoms with Gasteiger partial charge in [-0.15, -0.1) is 0 Å². The van der Waals surface area contributed by atoms with Crippen LogP contribution in [0.5, 0.6) is 0 Å². The highest BCUT2D eigenvalue weighted by atomic mass is 32.1. The molecule has 6 nitrogen and oxygen atoms in total. The van der Waals surface area contributed by atoms with Crippen LogP contribution in [-0.4, -0.2) is 20.6 Å². The summed E-state index contributed by atoms with van der Waals surface area (Å²) in [4.78, 5) is 18.2. The molecule has 2 aromatic heterocycles. The van der Waals surface area contributed by atoms with Crippen molar-refractivity contribution >= 4 is 34.6 Å². The maximum absolute atomic E-state index is 13.6. The molecule has 1 aliphatic rings. The number of rotatable bonds is 5. The molecule has 3 heterocycles. The zero-order valence-corrected chi connectivity index (χ0v) is 21.0. The van der Waals surface area contributed by atoms with Crippen LogP contribution in [0, 0.1) is 19.7 Å². The van der Waals surface area contributed by atoms with E-state index >= 15 is 0 Å². The lowest BCUT2D eigenvalue weighted by Gasteiger charge is -2.28. The van der Waals surface area contributed by atoms with Crippen LogP contribution in [0.25, 0.3) is 5.69 Å². The summed E-state index contributed by atoms with van der Waals surface area (Å²) in [7, 11) is 0. The van der Waals surface area contributed by atoms with Gasteiger partial charge in [-0.3, -0.25) is 9.78 Å². The molecule has 0 unspecified atom stereocenters. The summed E-state index contributed by atoms with van der Waals surface area (Å²) in [6.45, 7) is 5.60. The SMILES string of the molecule is CC(=O)Nc1ccc(N2C(=S)N[C@H](c3ccccn3)[C@@H]2c2cc(C)n(-c3ccc(F)cc3)c2C)cc1. The molecule has 2 aromatic carbocycles.